The summed E-state index contributed by atoms with van der Waals surface area (Å²) >= 11 is 0. The van der Waals surface area contributed by atoms with E-state index < -0.39 is 0 Å². The van der Waals surface area contributed by atoms with Crippen LogP contribution in [0.1, 0.15) is 11.1 Å². The first-order chi connectivity index (χ1) is 8.79. The summed E-state index contributed by atoms with van der Waals surface area (Å²) in [6.07, 6.45) is 2.96. The van der Waals surface area contributed by atoms with E-state index in [1.54, 1.807) is 4.52 Å². The van der Waals surface area contributed by atoms with Crippen molar-refractivity contribution in [1.82, 2.24) is 19.6 Å². The molecule has 0 spiro atoms. The quantitative estimate of drug-likeness (QED) is 0.646. The molecular weight excluding hydrogens is 226 g/mol. The second kappa shape index (κ2) is 3.93. The van der Waals surface area contributed by atoms with Gasteiger partial charge in [-0.25, -0.2) is 4.98 Å². The van der Waals surface area contributed by atoms with Crippen molar-refractivity contribution in [1.29, 1.82) is 5.26 Å². The van der Waals surface area contributed by atoms with Gasteiger partial charge < -0.3 is 0 Å². The highest BCUT2D eigenvalue weighted by molar-refractivity contribution is 5.68. The molecule has 3 aromatic rings. The molecule has 2 heterocycles. The van der Waals surface area contributed by atoms with Gasteiger partial charge in [0.1, 0.15) is 12.4 Å². The third-order valence-electron chi connectivity index (χ3n) is 2.72. The topological polar surface area (TPSA) is 66.9 Å². The lowest BCUT2D eigenvalue weighted by molar-refractivity contribution is 0.943. The predicted octanol–water partition coefficient (Wildman–Crippen LogP) is 1.97. The molecule has 1 aromatic carbocycles. The highest BCUT2D eigenvalue weighted by Crippen LogP contribution is 2.23. The Balaban J connectivity index is 2.39. The monoisotopic (exact) mass is 235 g/mol. The highest BCUT2D eigenvalue weighted by Gasteiger charge is 2.12. The van der Waals surface area contributed by atoms with Crippen LogP contribution in [0.2, 0.25) is 0 Å². The Bertz CT molecular complexity index is 766. The molecule has 0 fully saturated rings. The van der Waals surface area contributed by atoms with E-state index in [0.717, 1.165) is 16.8 Å². The zero-order valence-corrected chi connectivity index (χ0v) is 9.70. The van der Waals surface area contributed by atoms with Crippen molar-refractivity contribution in [2.45, 2.75) is 6.92 Å². The van der Waals surface area contributed by atoms with Crippen molar-refractivity contribution in [2.24, 2.45) is 0 Å². The minimum atomic E-state index is 0.485. The summed E-state index contributed by atoms with van der Waals surface area (Å²) in [6, 6.07) is 10.1. The molecule has 0 atom stereocenters. The van der Waals surface area contributed by atoms with E-state index in [4.69, 9.17) is 0 Å². The minimum Gasteiger partial charge on any atom is -0.218 e. The maximum Gasteiger partial charge on any atom is 0.252 e. The SMILES string of the molecule is Cc1cccc(-c2c(C#N)cnc3ncnn23)c1. The van der Waals surface area contributed by atoms with E-state index in [2.05, 4.69) is 21.1 Å². The van der Waals surface area contributed by atoms with Crippen LogP contribution in [0.4, 0.5) is 0 Å². The van der Waals surface area contributed by atoms with Crippen LogP contribution in [0.15, 0.2) is 36.8 Å². The van der Waals surface area contributed by atoms with Crippen molar-refractivity contribution in [2.75, 3.05) is 0 Å². The average molecular weight is 235 g/mol. The van der Waals surface area contributed by atoms with E-state index in [0.29, 0.717) is 11.3 Å². The Morgan fingerprint density at radius 1 is 1.28 bits per heavy atom. The number of hydrogen-bond donors (Lipinski definition) is 0. The number of benzene rings is 1. The van der Waals surface area contributed by atoms with Crippen LogP contribution >= 0.6 is 0 Å². The van der Waals surface area contributed by atoms with Gasteiger partial charge in [-0.15, -0.1) is 0 Å². The van der Waals surface area contributed by atoms with Gasteiger partial charge in [0.25, 0.3) is 5.78 Å². The van der Waals surface area contributed by atoms with E-state index in [9.17, 15) is 5.26 Å². The summed E-state index contributed by atoms with van der Waals surface area (Å²) in [4.78, 5) is 8.12. The van der Waals surface area contributed by atoms with Gasteiger partial charge >= 0.3 is 0 Å². The van der Waals surface area contributed by atoms with Gasteiger partial charge in [-0.05, 0) is 13.0 Å². The Kier molecular flexibility index (Phi) is 2.27. The Morgan fingerprint density at radius 3 is 2.94 bits per heavy atom. The first-order valence-corrected chi connectivity index (χ1v) is 5.45. The molecule has 0 aliphatic heterocycles. The third-order valence-corrected chi connectivity index (χ3v) is 2.72. The van der Waals surface area contributed by atoms with Gasteiger partial charge in [0, 0.05) is 5.56 Å². The Labute approximate surface area is 103 Å². The maximum absolute atomic E-state index is 9.19. The van der Waals surface area contributed by atoms with Crippen LogP contribution in [0.3, 0.4) is 0 Å². The fourth-order valence-electron chi connectivity index (χ4n) is 1.93. The summed E-state index contributed by atoms with van der Waals surface area (Å²) < 4.78 is 1.59. The van der Waals surface area contributed by atoms with E-state index >= 15 is 0 Å². The third kappa shape index (κ3) is 1.52. The number of nitrogens with zero attached hydrogens (tertiary/aromatic N) is 5. The van der Waals surface area contributed by atoms with Crippen LogP contribution in [-0.4, -0.2) is 19.6 Å². The zero-order chi connectivity index (χ0) is 12.5. The fourth-order valence-corrected chi connectivity index (χ4v) is 1.93. The zero-order valence-electron chi connectivity index (χ0n) is 9.70. The number of fused-ring (bicyclic) bond motifs is 1. The molecule has 0 N–H and O–H groups in total. The first-order valence-electron chi connectivity index (χ1n) is 5.45. The molecule has 0 amide bonds. The van der Waals surface area contributed by atoms with Crippen LogP contribution in [-0.2, 0) is 0 Å². The van der Waals surface area contributed by atoms with Crippen LogP contribution < -0.4 is 0 Å². The molecule has 18 heavy (non-hydrogen) atoms. The summed E-state index contributed by atoms with van der Waals surface area (Å²) in [5.74, 6) is 0.491. The van der Waals surface area contributed by atoms with E-state index in [1.807, 2.05) is 31.2 Å². The molecule has 3 rings (SSSR count). The smallest absolute Gasteiger partial charge is 0.218 e. The summed E-state index contributed by atoms with van der Waals surface area (Å²) in [6.45, 7) is 2.01. The predicted molar refractivity (Wildman–Crippen MR) is 65.7 cm³/mol. The van der Waals surface area contributed by atoms with Crippen molar-refractivity contribution in [3.05, 3.63) is 47.9 Å². The number of nitriles is 1. The van der Waals surface area contributed by atoms with Gasteiger partial charge in [-0.3, -0.25) is 0 Å². The molecule has 0 aliphatic rings. The largest absolute Gasteiger partial charge is 0.252 e. The molecule has 0 saturated heterocycles. The van der Waals surface area contributed by atoms with Gasteiger partial charge in [-0.2, -0.15) is 19.9 Å². The molecular formula is C13H9N5. The summed E-state index contributed by atoms with van der Waals surface area (Å²) in [7, 11) is 0. The molecule has 0 bridgehead atoms. The lowest BCUT2D eigenvalue weighted by Gasteiger charge is -2.06. The second-order valence-corrected chi connectivity index (χ2v) is 3.97. The van der Waals surface area contributed by atoms with Crippen LogP contribution in [0.5, 0.6) is 0 Å². The maximum atomic E-state index is 9.19. The van der Waals surface area contributed by atoms with Gasteiger partial charge in [-0.1, -0.05) is 23.8 Å². The number of aryl methyl sites for hydroxylation is 1. The standard InChI is InChI=1S/C13H9N5/c1-9-3-2-4-10(5-9)12-11(6-14)7-15-13-16-8-17-18(12)13/h2-5,7-8H,1H3. The lowest BCUT2D eigenvalue weighted by Crippen LogP contribution is -2.00. The molecule has 5 heteroatoms. The molecule has 0 aliphatic carbocycles. The molecule has 5 nitrogen and oxygen atoms in total. The van der Waals surface area contributed by atoms with E-state index in [1.165, 1.54) is 12.5 Å². The normalized spacial score (nSPS) is 10.4. The van der Waals surface area contributed by atoms with Gasteiger partial charge in [0.15, 0.2) is 0 Å². The molecule has 86 valence electrons. The van der Waals surface area contributed by atoms with Crippen molar-refractivity contribution >= 4 is 5.78 Å². The Hall–Kier alpha value is -2.74. The van der Waals surface area contributed by atoms with Crippen LogP contribution in [0, 0.1) is 18.3 Å². The number of rotatable bonds is 1. The molecule has 2 aromatic heterocycles. The second-order valence-electron chi connectivity index (χ2n) is 3.97. The van der Waals surface area contributed by atoms with Gasteiger partial charge in [0.2, 0.25) is 0 Å². The summed E-state index contributed by atoms with van der Waals surface area (Å²) in [5, 5.41) is 13.3. The average Bonchev–Trinajstić information content (AvgIpc) is 2.85. The van der Waals surface area contributed by atoms with E-state index in [-0.39, 0.29) is 0 Å². The molecule has 0 radical (unpaired) electrons. The minimum absolute atomic E-state index is 0.485. The first kappa shape index (κ1) is 10.4. The van der Waals surface area contributed by atoms with Crippen molar-refractivity contribution in [3.63, 3.8) is 0 Å². The molecule has 0 unspecified atom stereocenters. The number of aromatic nitrogens is 4. The highest BCUT2D eigenvalue weighted by atomic mass is 15.3. The van der Waals surface area contributed by atoms with Crippen LogP contribution in [0.25, 0.3) is 17.0 Å². The van der Waals surface area contributed by atoms with Crippen molar-refractivity contribution in [3.8, 4) is 17.3 Å². The fraction of sp³-hybridized carbons (Fsp3) is 0.0769. The summed E-state index contributed by atoms with van der Waals surface area (Å²) in [5.41, 5.74) is 3.27. The number of hydrogen-bond acceptors (Lipinski definition) is 4. The van der Waals surface area contributed by atoms with Gasteiger partial charge in [0.05, 0.1) is 17.5 Å². The molecule has 0 saturated carbocycles. The van der Waals surface area contributed by atoms with Crippen molar-refractivity contribution < 1.29 is 0 Å². The Morgan fingerprint density at radius 2 is 2.17 bits per heavy atom. The lowest BCUT2D eigenvalue weighted by atomic mass is 10.1.